The number of piperidine rings is 1. The Bertz CT molecular complexity index is 1510. The Kier molecular flexibility index (Phi) is 10.6. The van der Waals surface area contributed by atoms with Gasteiger partial charge in [-0.2, -0.15) is 0 Å². The van der Waals surface area contributed by atoms with E-state index in [-0.39, 0.29) is 17.3 Å². The van der Waals surface area contributed by atoms with Crippen molar-refractivity contribution >= 4 is 11.7 Å². The molecule has 7 heteroatoms. The molecule has 4 rings (SSSR count). The Morgan fingerprint density at radius 1 is 1.07 bits per heavy atom. The molecule has 0 saturated carbocycles. The van der Waals surface area contributed by atoms with E-state index < -0.39 is 17.7 Å². The second kappa shape index (κ2) is 14.0. The molecule has 1 aliphatic heterocycles. The minimum absolute atomic E-state index is 0.207. The molecule has 1 aromatic heterocycles. The summed E-state index contributed by atoms with van der Waals surface area (Å²) in [4.78, 5) is 20.9. The summed E-state index contributed by atoms with van der Waals surface area (Å²) in [6.45, 7) is 18.0. The van der Waals surface area contributed by atoms with E-state index in [9.17, 15) is 9.18 Å². The number of ether oxygens (including phenoxy) is 3. The third kappa shape index (κ3) is 8.85. The molecular weight excluding hydrogens is 567 g/mol. The molecule has 3 aromatic rings. The van der Waals surface area contributed by atoms with Gasteiger partial charge < -0.3 is 19.1 Å². The highest BCUT2D eigenvalue weighted by Gasteiger charge is 2.38. The van der Waals surface area contributed by atoms with Crippen LogP contribution in [0.3, 0.4) is 0 Å². The van der Waals surface area contributed by atoms with Crippen LogP contribution in [-0.4, -0.2) is 42.4 Å². The number of aromatic nitrogens is 1. The summed E-state index contributed by atoms with van der Waals surface area (Å²) in [5.74, 6) is 2.83. The topological polar surface area (TPSA) is 60.9 Å². The Morgan fingerprint density at radius 3 is 2.24 bits per heavy atom. The average Bonchev–Trinajstić information content (AvgIpc) is 2.96. The highest BCUT2D eigenvalue weighted by atomic mass is 19.1. The van der Waals surface area contributed by atoms with E-state index in [2.05, 4.69) is 24.7 Å². The van der Waals surface area contributed by atoms with Crippen molar-refractivity contribution in [2.24, 2.45) is 5.41 Å². The number of aryl methyl sites for hydroxylation is 1. The van der Waals surface area contributed by atoms with Gasteiger partial charge in [0.25, 0.3) is 0 Å². The van der Waals surface area contributed by atoms with Gasteiger partial charge in [0, 0.05) is 36.3 Å². The minimum Gasteiger partial charge on any atom is -0.493 e. The predicted molar refractivity (Wildman–Crippen MR) is 178 cm³/mol. The smallest absolute Gasteiger partial charge is 0.340 e. The molecule has 240 valence electrons. The molecule has 0 unspecified atom stereocenters. The summed E-state index contributed by atoms with van der Waals surface area (Å²) >= 11 is 0. The van der Waals surface area contributed by atoms with Crippen molar-refractivity contribution in [2.45, 2.75) is 92.5 Å². The number of carbonyl (C=O) groups excluding carboxylic acids is 1. The summed E-state index contributed by atoms with van der Waals surface area (Å²) in [6, 6.07) is 14.2. The molecule has 0 radical (unpaired) electrons. The highest BCUT2D eigenvalue weighted by Crippen LogP contribution is 2.45. The van der Waals surface area contributed by atoms with E-state index in [0.717, 1.165) is 48.3 Å². The summed E-state index contributed by atoms with van der Waals surface area (Å²) < 4.78 is 31.5. The van der Waals surface area contributed by atoms with E-state index in [1.807, 2.05) is 65.8 Å². The molecule has 1 fully saturated rings. The van der Waals surface area contributed by atoms with Crippen molar-refractivity contribution in [1.29, 1.82) is 0 Å². The monoisotopic (exact) mass is 614 g/mol. The SMILES string of the molecule is C#Cc1nc(C)c([C@H](OC(C)(C)C)C(=O)OC(C)C)c(N2CCC(C)(C)CC2)c1-c1ccc(OCCc2ccc(F)cc2)cc1. The number of esters is 1. The Labute approximate surface area is 268 Å². The van der Waals surface area contributed by atoms with Crippen LogP contribution >= 0.6 is 0 Å². The van der Waals surface area contributed by atoms with Gasteiger partial charge in [0.1, 0.15) is 17.3 Å². The number of hydrogen-bond acceptors (Lipinski definition) is 6. The van der Waals surface area contributed by atoms with Crippen LogP contribution in [0.4, 0.5) is 10.1 Å². The van der Waals surface area contributed by atoms with Gasteiger partial charge in [-0.15, -0.1) is 6.42 Å². The van der Waals surface area contributed by atoms with Crippen LogP contribution in [0.15, 0.2) is 48.5 Å². The summed E-state index contributed by atoms with van der Waals surface area (Å²) in [6.07, 6.45) is 7.44. The van der Waals surface area contributed by atoms with E-state index in [1.54, 1.807) is 12.1 Å². The zero-order chi connectivity index (χ0) is 32.9. The number of hydrogen-bond donors (Lipinski definition) is 0. The van der Waals surface area contributed by atoms with E-state index in [0.29, 0.717) is 35.7 Å². The molecule has 0 aliphatic carbocycles. The van der Waals surface area contributed by atoms with Gasteiger partial charge in [-0.3, -0.25) is 0 Å². The maximum atomic E-state index is 13.7. The van der Waals surface area contributed by atoms with Gasteiger partial charge in [-0.1, -0.05) is 38.1 Å². The lowest BCUT2D eigenvalue weighted by molar-refractivity contribution is -0.171. The molecule has 2 heterocycles. The maximum absolute atomic E-state index is 13.7. The van der Waals surface area contributed by atoms with E-state index >= 15 is 0 Å². The third-order valence-corrected chi connectivity index (χ3v) is 7.98. The average molecular weight is 615 g/mol. The van der Waals surface area contributed by atoms with Gasteiger partial charge in [-0.25, -0.2) is 14.2 Å². The molecule has 1 aliphatic rings. The van der Waals surface area contributed by atoms with Gasteiger partial charge in [0.15, 0.2) is 6.10 Å². The van der Waals surface area contributed by atoms with Crippen molar-refractivity contribution in [3.05, 3.63) is 76.9 Å². The van der Waals surface area contributed by atoms with Crippen molar-refractivity contribution in [1.82, 2.24) is 4.98 Å². The largest absolute Gasteiger partial charge is 0.493 e. The van der Waals surface area contributed by atoms with Crippen molar-refractivity contribution in [2.75, 3.05) is 24.6 Å². The number of pyridine rings is 1. The van der Waals surface area contributed by atoms with Crippen LogP contribution in [0.1, 0.15) is 89.9 Å². The van der Waals surface area contributed by atoms with Crippen LogP contribution in [-0.2, 0) is 20.7 Å². The first-order valence-corrected chi connectivity index (χ1v) is 15.8. The van der Waals surface area contributed by atoms with Crippen molar-refractivity contribution in [3.63, 3.8) is 0 Å². The molecule has 0 bridgehead atoms. The van der Waals surface area contributed by atoms with E-state index in [4.69, 9.17) is 25.6 Å². The van der Waals surface area contributed by atoms with Crippen molar-refractivity contribution < 1.29 is 23.4 Å². The second-order valence-electron chi connectivity index (χ2n) is 13.8. The van der Waals surface area contributed by atoms with Gasteiger partial charge in [-0.05, 0) is 101 Å². The first-order chi connectivity index (χ1) is 21.2. The number of terminal acetylenes is 1. The van der Waals surface area contributed by atoms with Crippen LogP contribution in [0.25, 0.3) is 11.1 Å². The summed E-state index contributed by atoms with van der Waals surface area (Å²) in [7, 11) is 0. The number of rotatable bonds is 10. The molecule has 1 saturated heterocycles. The molecule has 45 heavy (non-hydrogen) atoms. The normalized spacial score (nSPS) is 15.4. The molecule has 0 spiro atoms. The quantitative estimate of drug-likeness (QED) is 0.169. The first-order valence-electron chi connectivity index (χ1n) is 15.8. The van der Waals surface area contributed by atoms with Crippen LogP contribution < -0.4 is 9.64 Å². The molecule has 0 N–H and O–H groups in total. The number of halogens is 1. The fourth-order valence-electron chi connectivity index (χ4n) is 5.59. The Hall–Kier alpha value is -3.89. The van der Waals surface area contributed by atoms with Gasteiger partial charge in [0.05, 0.1) is 24.0 Å². The van der Waals surface area contributed by atoms with Crippen molar-refractivity contribution in [3.8, 4) is 29.2 Å². The lowest BCUT2D eigenvalue weighted by Gasteiger charge is -2.41. The lowest BCUT2D eigenvalue weighted by atomic mass is 9.81. The zero-order valence-electron chi connectivity index (χ0n) is 28.0. The number of nitrogens with zero attached hydrogens (tertiary/aromatic N) is 2. The first kappa shape index (κ1) is 34.0. The Morgan fingerprint density at radius 2 is 1.69 bits per heavy atom. The second-order valence-corrected chi connectivity index (χ2v) is 13.8. The van der Waals surface area contributed by atoms with Gasteiger partial charge >= 0.3 is 5.97 Å². The van der Waals surface area contributed by atoms with Gasteiger partial charge in [0.2, 0.25) is 0 Å². The predicted octanol–water partition coefficient (Wildman–Crippen LogP) is 8.23. The third-order valence-electron chi connectivity index (χ3n) is 7.98. The number of anilines is 1. The van der Waals surface area contributed by atoms with Crippen LogP contribution in [0.5, 0.6) is 5.75 Å². The Balaban J connectivity index is 1.79. The lowest BCUT2D eigenvalue weighted by Crippen LogP contribution is -2.39. The number of benzene rings is 2. The number of carbonyl (C=O) groups is 1. The molecule has 0 amide bonds. The minimum atomic E-state index is -0.996. The molecule has 6 nitrogen and oxygen atoms in total. The summed E-state index contributed by atoms with van der Waals surface area (Å²) in [5.41, 5.74) is 4.93. The molecular formula is C38H47FN2O4. The fourth-order valence-corrected chi connectivity index (χ4v) is 5.59. The fraction of sp³-hybridized carbons (Fsp3) is 0.474. The zero-order valence-corrected chi connectivity index (χ0v) is 28.0. The van der Waals surface area contributed by atoms with Crippen LogP contribution in [0, 0.1) is 30.5 Å². The standard InChI is InChI=1S/C38H47FN2O4/c1-10-31-33(28-13-17-30(18-14-28)43-24-19-27-11-15-29(39)16-12-27)34(41-22-20-38(8,9)21-23-41)32(26(4)40-31)35(45-37(5,6)7)36(42)44-25(2)3/h1,11-18,25,35H,19-24H2,2-9H3/t35-/m0/s1. The highest BCUT2D eigenvalue weighted by molar-refractivity contribution is 5.89. The summed E-state index contributed by atoms with van der Waals surface area (Å²) in [5, 5.41) is 0. The molecule has 2 aromatic carbocycles. The van der Waals surface area contributed by atoms with E-state index in [1.165, 1.54) is 12.1 Å². The maximum Gasteiger partial charge on any atom is 0.340 e. The van der Waals surface area contributed by atoms with Crippen LogP contribution in [0.2, 0.25) is 0 Å². The molecule has 1 atom stereocenters.